The SMILES string of the molecule is NC(=S)S.[CH3][Pb][CH3]. The molecule has 2 N–H and O–H groups in total. The predicted octanol–water partition coefficient (Wildman–Crippen LogP) is 0.947. The van der Waals surface area contributed by atoms with Crippen molar-refractivity contribution in [1.29, 1.82) is 0 Å². The van der Waals surface area contributed by atoms with Gasteiger partial charge in [-0.1, -0.05) is 12.2 Å². The summed E-state index contributed by atoms with van der Waals surface area (Å²) in [6, 6.07) is 0. The monoisotopic (exact) mass is 331 g/mol. The number of thiol groups is 1. The Hall–Kier alpha value is 1.16. The van der Waals surface area contributed by atoms with Crippen molar-refractivity contribution >= 4 is 53.4 Å². The molecule has 42 valence electrons. The fraction of sp³-hybridized carbons (Fsp3) is 0.667. The van der Waals surface area contributed by atoms with E-state index >= 15 is 0 Å². The van der Waals surface area contributed by atoms with E-state index in [1.165, 1.54) is 0 Å². The summed E-state index contributed by atoms with van der Waals surface area (Å²) in [5.74, 6) is 0. The first kappa shape index (κ1) is 11.0. The molecule has 0 bridgehead atoms. The Bertz CT molecular complexity index is 44.2. The molecule has 0 saturated carbocycles. The van der Waals surface area contributed by atoms with Crippen LogP contribution in [0.25, 0.3) is 0 Å². The number of nitrogens with two attached hydrogens (primary N) is 1. The third-order valence-corrected chi connectivity index (χ3v) is 0. The molecule has 2 radical (unpaired) electrons. The van der Waals surface area contributed by atoms with Gasteiger partial charge < -0.3 is 5.73 Å². The van der Waals surface area contributed by atoms with Crippen LogP contribution in [-0.2, 0) is 0 Å². The Balaban J connectivity index is 0. The molecule has 0 amide bonds. The molecule has 0 aromatic rings. The van der Waals surface area contributed by atoms with Crippen LogP contribution < -0.4 is 5.73 Å². The number of hydrogen-bond acceptors (Lipinski definition) is 1. The van der Waals surface area contributed by atoms with Crippen molar-refractivity contribution in [3.05, 3.63) is 0 Å². The molecule has 7 heavy (non-hydrogen) atoms. The number of rotatable bonds is 0. The van der Waals surface area contributed by atoms with Crippen molar-refractivity contribution in [1.82, 2.24) is 0 Å². The summed E-state index contributed by atoms with van der Waals surface area (Å²) in [7, 11) is 0. The van der Waals surface area contributed by atoms with Gasteiger partial charge in [0.25, 0.3) is 0 Å². The molecule has 0 saturated heterocycles. The molecule has 0 heterocycles. The fourth-order valence-electron chi connectivity index (χ4n) is 0. The summed E-state index contributed by atoms with van der Waals surface area (Å²) >= 11 is 7.74. The van der Waals surface area contributed by atoms with E-state index in [1.54, 1.807) is 0 Å². The molecule has 0 aromatic carbocycles. The van der Waals surface area contributed by atoms with Crippen molar-refractivity contribution in [3.8, 4) is 0 Å². The van der Waals surface area contributed by atoms with Crippen molar-refractivity contribution in [2.75, 3.05) is 0 Å². The van der Waals surface area contributed by atoms with Gasteiger partial charge in [0.2, 0.25) is 0 Å². The van der Waals surface area contributed by atoms with E-state index in [4.69, 9.17) is 5.73 Å². The van der Waals surface area contributed by atoms with Crippen molar-refractivity contribution in [2.24, 2.45) is 5.73 Å². The minimum atomic E-state index is 0.0833. The molecular weight excluding hydrogens is 321 g/mol. The van der Waals surface area contributed by atoms with E-state index in [-0.39, 0.29) is 28.6 Å². The Morgan fingerprint density at radius 3 is 1.71 bits per heavy atom. The fourth-order valence-corrected chi connectivity index (χ4v) is 0. The standard InChI is InChI=1S/CH3NS2.2CH3.Pb/c2-1(3)4;;;/h(H3,2,3,4);2*1H3;. The van der Waals surface area contributed by atoms with Crippen LogP contribution in [0.5, 0.6) is 0 Å². The van der Waals surface area contributed by atoms with E-state index in [0.29, 0.717) is 0 Å². The van der Waals surface area contributed by atoms with Gasteiger partial charge in [-0.15, -0.1) is 12.6 Å². The average molecular weight is 330 g/mol. The zero-order valence-corrected chi connectivity index (χ0v) is 10.0. The van der Waals surface area contributed by atoms with Crippen molar-refractivity contribution in [3.63, 3.8) is 0 Å². The first-order chi connectivity index (χ1) is 3.15. The first-order valence-electron chi connectivity index (χ1n) is 1.72. The summed E-state index contributed by atoms with van der Waals surface area (Å²) in [5.41, 5.74) is 4.71. The van der Waals surface area contributed by atoms with Crippen LogP contribution in [0.2, 0.25) is 8.97 Å². The summed E-state index contributed by atoms with van der Waals surface area (Å²) in [5, 5.41) is 0. The molecule has 0 fully saturated rings. The van der Waals surface area contributed by atoms with Crippen LogP contribution in [0, 0.1) is 0 Å². The van der Waals surface area contributed by atoms with Crippen molar-refractivity contribution < 1.29 is 0 Å². The van der Waals surface area contributed by atoms with Gasteiger partial charge in [0.15, 0.2) is 0 Å². The zero-order chi connectivity index (χ0) is 6.28. The Labute approximate surface area is 67.7 Å². The van der Waals surface area contributed by atoms with Gasteiger partial charge in [0.05, 0.1) is 0 Å². The van der Waals surface area contributed by atoms with Crippen molar-refractivity contribution in [2.45, 2.75) is 8.97 Å². The van der Waals surface area contributed by atoms with E-state index in [1.807, 2.05) is 0 Å². The van der Waals surface area contributed by atoms with E-state index < -0.39 is 0 Å². The van der Waals surface area contributed by atoms with Crippen LogP contribution in [0.15, 0.2) is 0 Å². The Morgan fingerprint density at radius 1 is 1.71 bits per heavy atom. The average Bonchev–Trinajstić information content (AvgIpc) is 1.33. The Morgan fingerprint density at radius 2 is 1.71 bits per heavy atom. The molecule has 1 nitrogen and oxygen atoms in total. The second kappa shape index (κ2) is 10.2. The second-order valence-electron chi connectivity index (χ2n) is 0.838. The van der Waals surface area contributed by atoms with Crippen LogP contribution in [-0.4, -0.2) is 28.6 Å². The molecule has 0 aliphatic rings. The first-order valence-corrected chi connectivity index (χ1v) is 10.3. The van der Waals surface area contributed by atoms with E-state index in [9.17, 15) is 0 Å². The van der Waals surface area contributed by atoms with E-state index in [2.05, 4.69) is 33.8 Å². The summed E-state index contributed by atoms with van der Waals surface area (Å²) in [6.45, 7) is 0. The summed E-state index contributed by atoms with van der Waals surface area (Å²) < 4.78 is 4.83. The third-order valence-electron chi connectivity index (χ3n) is 0. The molecule has 0 aliphatic heterocycles. The van der Waals surface area contributed by atoms with Gasteiger partial charge >= 0.3 is 33.2 Å². The number of thiocarbonyl (C=S) groups is 1. The molecule has 0 aromatic heterocycles. The second-order valence-corrected chi connectivity index (χ2v) is 5.95. The minimum absolute atomic E-state index is 0.0833. The van der Waals surface area contributed by atoms with Gasteiger partial charge in [-0.2, -0.15) is 0 Å². The summed E-state index contributed by atoms with van der Waals surface area (Å²) in [4.78, 5) is 0. The molecule has 0 rings (SSSR count). The molecular formula is C3H9NPbS2. The predicted molar refractivity (Wildman–Crippen MR) is 43.3 cm³/mol. The third kappa shape index (κ3) is 141. The summed E-state index contributed by atoms with van der Waals surface area (Å²) in [6.07, 6.45) is 0. The van der Waals surface area contributed by atoms with Gasteiger partial charge in [0, 0.05) is 0 Å². The van der Waals surface area contributed by atoms with Crippen LogP contribution in [0.3, 0.4) is 0 Å². The van der Waals surface area contributed by atoms with Gasteiger partial charge in [-0.05, 0) is 0 Å². The Kier molecular flexibility index (Phi) is 16.1. The van der Waals surface area contributed by atoms with Gasteiger partial charge in [0.1, 0.15) is 4.32 Å². The molecule has 0 unspecified atom stereocenters. The molecule has 0 atom stereocenters. The molecule has 0 spiro atoms. The zero-order valence-electron chi connectivity index (χ0n) is 4.43. The topological polar surface area (TPSA) is 26.0 Å². The maximum absolute atomic E-state index is 4.71. The van der Waals surface area contributed by atoms with Gasteiger partial charge in [-0.25, -0.2) is 0 Å². The van der Waals surface area contributed by atoms with E-state index in [0.717, 1.165) is 0 Å². The van der Waals surface area contributed by atoms with Crippen LogP contribution in [0.4, 0.5) is 0 Å². The molecule has 4 heteroatoms. The van der Waals surface area contributed by atoms with Crippen LogP contribution in [0.1, 0.15) is 0 Å². The van der Waals surface area contributed by atoms with Crippen LogP contribution >= 0.6 is 24.8 Å². The normalized spacial score (nSPS) is 6.14. The number of hydrogen-bond donors (Lipinski definition) is 2. The molecule has 0 aliphatic carbocycles. The quantitative estimate of drug-likeness (QED) is 0.393. The maximum atomic E-state index is 4.71. The van der Waals surface area contributed by atoms with Gasteiger partial charge in [-0.3, -0.25) is 0 Å².